The SMILES string of the molecule is O=C(NC1=C(c2ccc(F)cc2F)CC1)c1cccnc1C(F)(F)F. The molecule has 2 aromatic rings. The van der Waals surface area contributed by atoms with Crippen molar-refractivity contribution >= 4 is 11.5 Å². The molecular formula is C17H11F5N2O. The van der Waals surface area contributed by atoms with E-state index in [4.69, 9.17) is 0 Å². The Kier molecular flexibility index (Phi) is 4.28. The number of allylic oxidation sites excluding steroid dienone is 2. The van der Waals surface area contributed by atoms with Gasteiger partial charge in [-0.1, -0.05) is 0 Å². The summed E-state index contributed by atoms with van der Waals surface area (Å²) in [4.78, 5) is 15.4. The van der Waals surface area contributed by atoms with Gasteiger partial charge in [0.2, 0.25) is 0 Å². The van der Waals surface area contributed by atoms with Crippen LogP contribution in [0.15, 0.2) is 42.2 Å². The number of nitrogens with one attached hydrogen (secondary N) is 1. The van der Waals surface area contributed by atoms with E-state index in [2.05, 4.69) is 10.3 Å². The van der Waals surface area contributed by atoms with Crippen LogP contribution in [-0.4, -0.2) is 10.9 Å². The predicted octanol–water partition coefficient (Wildman–Crippen LogP) is 4.31. The van der Waals surface area contributed by atoms with E-state index in [1.165, 1.54) is 12.1 Å². The van der Waals surface area contributed by atoms with Gasteiger partial charge in [0.15, 0.2) is 5.69 Å². The first kappa shape index (κ1) is 17.1. The number of amides is 1. The van der Waals surface area contributed by atoms with Gasteiger partial charge >= 0.3 is 6.18 Å². The molecule has 0 fully saturated rings. The van der Waals surface area contributed by atoms with Crippen molar-refractivity contribution in [2.75, 3.05) is 0 Å². The molecule has 0 saturated carbocycles. The summed E-state index contributed by atoms with van der Waals surface area (Å²) in [5.41, 5.74) is -1.05. The Hall–Kier alpha value is -2.77. The molecule has 0 radical (unpaired) electrons. The Morgan fingerprint density at radius 3 is 2.48 bits per heavy atom. The minimum Gasteiger partial charge on any atom is -0.325 e. The van der Waals surface area contributed by atoms with Crippen molar-refractivity contribution < 1.29 is 26.7 Å². The van der Waals surface area contributed by atoms with Gasteiger partial charge in [0.05, 0.1) is 5.56 Å². The van der Waals surface area contributed by atoms with E-state index < -0.39 is 35.0 Å². The summed E-state index contributed by atoms with van der Waals surface area (Å²) in [6.45, 7) is 0. The summed E-state index contributed by atoms with van der Waals surface area (Å²) in [5, 5.41) is 2.38. The molecule has 0 aliphatic heterocycles. The van der Waals surface area contributed by atoms with Crippen molar-refractivity contribution in [3.63, 3.8) is 0 Å². The van der Waals surface area contributed by atoms with Crippen molar-refractivity contribution in [3.8, 4) is 0 Å². The summed E-state index contributed by atoms with van der Waals surface area (Å²) in [6, 6.07) is 5.26. The van der Waals surface area contributed by atoms with Crippen LogP contribution < -0.4 is 5.32 Å². The third kappa shape index (κ3) is 3.38. The number of nitrogens with zero attached hydrogens (tertiary/aromatic N) is 1. The zero-order valence-electron chi connectivity index (χ0n) is 12.6. The smallest absolute Gasteiger partial charge is 0.325 e. The molecule has 25 heavy (non-hydrogen) atoms. The van der Waals surface area contributed by atoms with Gasteiger partial charge in [-0.05, 0) is 42.7 Å². The third-order valence-electron chi connectivity index (χ3n) is 3.83. The number of aromatic nitrogens is 1. The normalized spacial score (nSPS) is 14.3. The fourth-order valence-corrected chi connectivity index (χ4v) is 2.56. The van der Waals surface area contributed by atoms with E-state index in [-0.39, 0.29) is 5.56 Å². The molecule has 0 bridgehead atoms. The highest BCUT2D eigenvalue weighted by Gasteiger charge is 2.37. The number of hydrogen-bond acceptors (Lipinski definition) is 2. The van der Waals surface area contributed by atoms with Gasteiger partial charge in [-0.15, -0.1) is 0 Å². The number of alkyl halides is 3. The van der Waals surface area contributed by atoms with Gasteiger partial charge in [-0.25, -0.2) is 8.78 Å². The van der Waals surface area contributed by atoms with Gasteiger partial charge in [-0.3, -0.25) is 9.78 Å². The number of pyridine rings is 1. The monoisotopic (exact) mass is 354 g/mol. The van der Waals surface area contributed by atoms with E-state index in [9.17, 15) is 26.7 Å². The summed E-state index contributed by atoms with van der Waals surface area (Å²) in [6.07, 6.45) is -3.02. The quantitative estimate of drug-likeness (QED) is 0.835. The van der Waals surface area contributed by atoms with E-state index in [0.29, 0.717) is 30.2 Å². The van der Waals surface area contributed by atoms with Crippen molar-refractivity contribution in [3.05, 3.63) is 70.7 Å². The first-order chi connectivity index (χ1) is 11.8. The van der Waals surface area contributed by atoms with Crippen LogP contribution in [-0.2, 0) is 6.18 Å². The number of rotatable bonds is 3. The molecule has 3 rings (SSSR count). The number of benzene rings is 1. The number of carbonyl (C=O) groups is 1. The molecule has 0 saturated heterocycles. The summed E-state index contributed by atoms with van der Waals surface area (Å²) in [7, 11) is 0. The Morgan fingerprint density at radius 2 is 1.88 bits per heavy atom. The fourth-order valence-electron chi connectivity index (χ4n) is 2.56. The molecule has 3 nitrogen and oxygen atoms in total. The van der Waals surface area contributed by atoms with Crippen LogP contribution in [0.25, 0.3) is 5.57 Å². The lowest BCUT2D eigenvalue weighted by atomic mass is 9.87. The van der Waals surface area contributed by atoms with E-state index >= 15 is 0 Å². The third-order valence-corrected chi connectivity index (χ3v) is 3.83. The minimum absolute atomic E-state index is 0.116. The second kappa shape index (κ2) is 6.27. The van der Waals surface area contributed by atoms with Crippen LogP contribution in [0.3, 0.4) is 0 Å². The van der Waals surface area contributed by atoms with Gasteiger partial charge < -0.3 is 5.32 Å². The molecule has 1 heterocycles. The minimum atomic E-state index is -4.77. The highest BCUT2D eigenvalue weighted by Crippen LogP contribution is 2.36. The Morgan fingerprint density at radius 1 is 1.12 bits per heavy atom. The molecule has 1 amide bonds. The average molecular weight is 354 g/mol. The zero-order chi connectivity index (χ0) is 18.2. The predicted molar refractivity (Wildman–Crippen MR) is 79.2 cm³/mol. The van der Waals surface area contributed by atoms with Crippen molar-refractivity contribution in [1.29, 1.82) is 0 Å². The number of halogens is 5. The molecule has 8 heteroatoms. The maximum Gasteiger partial charge on any atom is 0.434 e. The molecule has 0 atom stereocenters. The number of hydrogen-bond donors (Lipinski definition) is 1. The van der Waals surface area contributed by atoms with E-state index in [1.807, 2.05) is 0 Å². The van der Waals surface area contributed by atoms with Crippen molar-refractivity contribution in [1.82, 2.24) is 10.3 Å². The Bertz CT molecular complexity index is 874. The summed E-state index contributed by atoms with van der Waals surface area (Å²) >= 11 is 0. The first-order valence-electron chi connectivity index (χ1n) is 7.28. The van der Waals surface area contributed by atoms with Gasteiger partial charge in [0.1, 0.15) is 11.6 Å². The standard InChI is InChI=1S/C17H11F5N2O/c18-9-3-4-10(13(19)8-9)11-5-6-14(11)24-16(25)12-2-1-7-23-15(12)17(20,21)22/h1-4,7-8H,5-6H2,(H,24,25). The highest BCUT2D eigenvalue weighted by atomic mass is 19.4. The lowest BCUT2D eigenvalue weighted by Crippen LogP contribution is -2.30. The molecule has 1 aromatic carbocycles. The summed E-state index contributed by atoms with van der Waals surface area (Å²) in [5.74, 6) is -2.51. The largest absolute Gasteiger partial charge is 0.434 e. The second-order valence-corrected chi connectivity index (χ2v) is 5.43. The van der Waals surface area contributed by atoms with Crippen LogP contribution in [0.2, 0.25) is 0 Å². The molecule has 130 valence electrons. The lowest BCUT2D eigenvalue weighted by Gasteiger charge is -2.25. The Balaban J connectivity index is 1.89. The van der Waals surface area contributed by atoms with E-state index in [1.54, 1.807) is 0 Å². The average Bonchev–Trinajstić information content (AvgIpc) is 2.53. The second-order valence-electron chi connectivity index (χ2n) is 5.43. The molecule has 0 unspecified atom stereocenters. The molecule has 1 aliphatic rings. The van der Waals surface area contributed by atoms with Crippen LogP contribution in [0, 0.1) is 11.6 Å². The molecule has 1 N–H and O–H groups in total. The molecule has 1 aliphatic carbocycles. The number of carbonyl (C=O) groups excluding carboxylic acids is 1. The summed E-state index contributed by atoms with van der Waals surface area (Å²) < 4.78 is 65.6. The molecule has 0 spiro atoms. The molecule has 1 aromatic heterocycles. The van der Waals surface area contributed by atoms with Crippen LogP contribution in [0.1, 0.15) is 34.5 Å². The van der Waals surface area contributed by atoms with Crippen LogP contribution in [0.5, 0.6) is 0 Å². The zero-order valence-corrected chi connectivity index (χ0v) is 12.6. The van der Waals surface area contributed by atoms with Gasteiger partial charge in [-0.2, -0.15) is 13.2 Å². The topological polar surface area (TPSA) is 42.0 Å². The van der Waals surface area contributed by atoms with Crippen molar-refractivity contribution in [2.45, 2.75) is 19.0 Å². The van der Waals surface area contributed by atoms with Gasteiger partial charge in [0.25, 0.3) is 5.91 Å². The Labute approximate surface area is 139 Å². The van der Waals surface area contributed by atoms with E-state index in [0.717, 1.165) is 18.3 Å². The van der Waals surface area contributed by atoms with Crippen LogP contribution >= 0.6 is 0 Å². The maximum absolute atomic E-state index is 13.8. The fraction of sp³-hybridized carbons (Fsp3) is 0.176. The van der Waals surface area contributed by atoms with Crippen molar-refractivity contribution in [2.24, 2.45) is 0 Å². The maximum atomic E-state index is 13.8. The van der Waals surface area contributed by atoms with Crippen LogP contribution in [0.4, 0.5) is 22.0 Å². The molecular weight excluding hydrogens is 343 g/mol. The highest BCUT2D eigenvalue weighted by molar-refractivity contribution is 5.98. The first-order valence-corrected chi connectivity index (χ1v) is 7.28. The van der Waals surface area contributed by atoms with Gasteiger partial charge in [0, 0.05) is 23.5 Å². The lowest BCUT2D eigenvalue weighted by molar-refractivity contribution is -0.141.